The minimum atomic E-state index is 0.621. The summed E-state index contributed by atoms with van der Waals surface area (Å²) in [4.78, 5) is 11.2. The van der Waals surface area contributed by atoms with Crippen molar-refractivity contribution in [3.8, 4) is 0 Å². The van der Waals surface area contributed by atoms with Gasteiger partial charge in [-0.05, 0) is 25.7 Å². The lowest BCUT2D eigenvalue weighted by Crippen LogP contribution is -2.32. The Morgan fingerprint density at radius 1 is 1.11 bits per heavy atom. The molecule has 0 unspecified atom stereocenters. The summed E-state index contributed by atoms with van der Waals surface area (Å²) >= 11 is 0. The number of hydrogen-bond acceptors (Lipinski definition) is 4. The van der Waals surface area contributed by atoms with Crippen molar-refractivity contribution in [3.05, 3.63) is 11.9 Å². The van der Waals surface area contributed by atoms with Crippen LogP contribution in [0.2, 0.25) is 0 Å². The van der Waals surface area contributed by atoms with Gasteiger partial charge in [0.15, 0.2) is 0 Å². The summed E-state index contributed by atoms with van der Waals surface area (Å²) in [6.45, 7) is 16.1. The first-order valence-electron chi connectivity index (χ1n) is 7.26. The predicted octanol–water partition coefficient (Wildman–Crippen LogP) is 3.34. The highest BCUT2D eigenvalue weighted by Crippen LogP contribution is 2.23. The predicted molar refractivity (Wildman–Crippen MR) is 82.8 cm³/mol. The summed E-state index contributed by atoms with van der Waals surface area (Å²) < 4.78 is 0. The van der Waals surface area contributed by atoms with Gasteiger partial charge in [-0.2, -0.15) is 0 Å². The monoisotopic (exact) mass is 264 g/mol. The summed E-state index contributed by atoms with van der Waals surface area (Å²) in [5, 5.41) is 3.30. The van der Waals surface area contributed by atoms with E-state index in [0.29, 0.717) is 11.8 Å². The molecule has 1 rings (SSSR count). The standard InChI is InChI=1S/C15H28N4/c1-7-16-14-13(6)15(18-10-17-14)19(8-11(2)3)9-12(4)5/h10-12H,7-9H2,1-6H3,(H,16,17,18). The van der Waals surface area contributed by atoms with Crippen LogP contribution >= 0.6 is 0 Å². The fraction of sp³-hybridized carbons (Fsp3) is 0.733. The maximum absolute atomic E-state index is 4.50. The van der Waals surface area contributed by atoms with Crippen LogP contribution < -0.4 is 10.2 Å². The van der Waals surface area contributed by atoms with Gasteiger partial charge in [-0.25, -0.2) is 9.97 Å². The zero-order valence-electron chi connectivity index (χ0n) is 13.2. The van der Waals surface area contributed by atoms with Crippen molar-refractivity contribution in [2.75, 3.05) is 29.9 Å². The molecule has 108 valence electrons. The largest absolute Gasteiger partial charge is 0.370 e. The van der Waals surface area contributed by atoms with Crippen LogP contribution in [0.25, 0.3) is 0 Å². The van der Waals surface area contributed by atoms with Gasteiger partial charge in [0.1, 0.15) is 18.0 Å². The van der Waals surface area contributed by atoms with Gasteiger partial charge in [-0.1, -0.05) is 27.7 Å². The van der Waals surface area contributed by atoms with Crippen molar-refractivity contribution in [1.82, 2.24) is 9.97 Å². The molecule has 0 aromatic carbocycles. The van der Waals surface area contributed by atoms with Gasteiger partial charge in [-0.3, -0.25) is 0 Å². The van der Waals surface area contributed by atoms with E-state index in [0.717, 1.165) is 36.8 Å². The molecule has 0 aliphatic rings. The average molecular weight is 264 g/mol. The molecule has 1 heterocycles. The van der Waals surface area contributed by atoms with Crippen LogP contribution in [0.3, 0.4) is 0 Å². The van der Waals surface area contributed by atoms with E-state index < -0.39 is 0 Å². The van der Waals surface area contributed by atoms with Crippen molar-refractivity contribution >= 4 is 11.6 Å². The van der Waals surface area contributed by atoms with Crippen LogP contribution in [0.15, 0.2) is 6.33 Å². The minimum Gasteiger partial charge on any atom is -0.370 e. The van der Waals surface area contributed by atoms with E-state index in [1.54, 1.807) is 6.33 Å². The van der Waals surface area contributed by atoms with Crippen molar-refractivity contribution in [1.29, 1.82) is 0 Å². The van der Waals surface area contributed by atoms with E-state index in [2.05, 4.69) is 61.7 Å². The van der Waals surface area contributed by atoms with Crippen LogP contribution in [-0.2, 0) is 0 Å². The van der Waals surface area contributed by atoms with E-state index in [9.17, 15) is 0 Å². The molecule has 1 N–H and O–H groups in total. The van der Waals surface area contributed by atoms with E-state index in [4.69, 9.17) is 0 Å². The van der Waals surface area contributed by atoms with Crippen LogP contribution in [-0.4, -0.2) is 29.6 Å². The molecule has 0 bridgehead atoms. The Balaban J connectivity index is 3.03. The Morgan fingerprint density at radius 3 is 2.16 bits per heavy atom. The first kappa shape index (κ1) is 15.7. The average Bonchev–Trinajstić information content (AvgIpc) is 2.30. The van der Waals surface area contributed by atoms with E-state index >= 15 is 0 Å². The van der Waals surface area contributed by atoms with E-state index in [1.165, 1.54) is 0 Å². The smallest absolute Gasteiger partial charge is 0.137 e. The topological polar surface area (TPSA) is 41.1 Å². The second-order valence-electron chi connectivity index (χ2n) is 5.89. The lowest BCUT2D eigenvalue weighted by Gasteiger charge is -2.29. The Morgan fingerprint density at radius 2 is 1.68 bits per heavy atom. The van der Waals surface area contributed by atoms with Gasteiger partial charge in [0.25, 0.3) is 0 Å². The molecular formula is C15H28N4. The highest BCUT2D eigenvalue weighted by atomic mass is 15.2. The van der Waals surface area contributed by atoms with Gasteiger partial charge in [0, 0.05) is 25.2 Å². The highest BCUT2D eigenvalue weighted by Gasteiger charge is 2.16. The molecule has 0 saturated heterocycles. The number of aromatic nitrogens is 2. The second kappa shape index (κ2) is 7.31. The van der Waals surface area contributed by atoms with Gasteiger partial charge in [0.2, 0.25) is 0 Å². The molecule has 0 aliphatic heterocycles. The van der Waals surface area contributed by atoms with Crippen molar-refractivity contribution in [2.24, 2.45) is 11.8 Å². The third-order valence-corrected chi connectivity index (χ3v) is 2.87. The Hall–Kier alpha value is -1.32. The van der Waals surface area contributed by atoms with Crippen molar-refractivity contribution in [3.63, 3.8) is 0 Å². The molecule has 0 saturated carbocycles. The molecule has 0 radical (unpaired) electrons. The summed E-state index contributed by atoms with van der Waals surface area (Å²) in [5.41, 5.74) is 1.14. The SMILES string of the molecule is CCNc1ncnc(N(CC(C)C)CC(C)C)c1C. The Bertz CT molecular complexity index is 378. The van der Waals surface area contributed by atoms with Crippen molar-refractivity contribution in [2.45, 2.75) is 41.5 Å². The Kier molecular flexibility index (Phi) is 6.06. The van der Waals surface area contributed by atoms with E-state index in [-0.39, 0.29) is 0 Å². The Labute approximate surface area is 117 Å². The number of rotatable bonds is 7. The van der Waals surface area contributed by atoms with Gasteiger partial charge in [0.05, 0.1) is 0 Å². The normalized spacial score (nSPS) is 11.2. The lowest BCUT2D eigenvalue weighted by atomic mass is 10.1. The van der Waals surface area contributed by atoms with Crippen molar-refractivity contribution < 1.29 is 0 Å². The maximum Gasteiger partial charge on any atom is 0.137 e. The maximum atomic E-state index is 4.50. The molecule has 0 aliphatic carbocycles. The number of nitrogens with one attached hydrogen (secondary N) is 1. The minimum absolute atomic E-state index is 0.621. The first-order valence-corrected chi connectivity index (χ1v) is 7.26. The fourth-order valence-electron chi connectivity index (χ4n) is 2.23. The number of anilines is 2. The van der Waals surface area contributed by atoms with Crippen LogP contribution in [0.1, 0.15) is 40.2 Å². The van der Waals surface area contributed by atoms with Crippen LogP contribution in [0, 0.1) is 18.8 Å². The summed E-state index contributed by atoms with van der Waals surface area (Å²) in [7, 11) is 0. The number of nitrogens with zero attached hydrogens (tertiary/aromatic N) is 3. The molecule has 4 nitrogen and oxygen atoms in total. The third-order valence-electron chi connectivity index (χ3n) is 2.87. The molecule has 1 aromatic rings. The highest BCUT2D eigenvalue weighted by molar-refractivity contribution is 5.57. The molecule has 4 heteroatoms. The fourth-order valence-corrected chi connectivity index (χ4v) is 2.23. The second-order valence-corrected chi connectivity index (χ2v) is 5.89. The summed E-state index contributed by atoms with van der Waals surface area (Å²) in [6, 6.07) is 0. The first-order chi connectivity index (χ1) is 8.95. The zero-order chi connectivity index (χ0) is 14.4. The molecule has 0 fully saturated rings. The third kappa shape index (κ3) is 4.69. The molecular weight excluding hydrogens is 236 g/mol. The van der Waals surface area contributed by atoms with Crippen LogP contribution in [0.4, 0.5) is 11.6 Å². The molecule has 0 spiro atoms. The van der Waals surface area contributed by atoms with Gasteiger partial charge < -0.3 is 10.2 Å². The van der Waals surface area contributed by atoms with Gasteiger partial charge >= 0.3 is 0 Å². The number of hydrogen-bond donors (Lipinski definition) is 1. The summed E-state index contributed by atoms with van der Waals surface area (Å²) in [6.07, 6.45) is 1.66. The van der Waals surface area contributed by atoms with Gasteiger partial charge in [-0.15, -0.1) is 0 Å². The van der Waals surface area contributed by atoms with E-state index in [1.807, 2.05) is 0 Å². The molecule has 0 atom stereocenters. The van der Waals surface area contributed by atoms with Crippen LogP contribution in [0.5, 0.6) is 0 Å². The zero-order valence-corrected chi connectivity index (χ0v) is 13.2. The quantitative estimate of drug-likeness (QED) is 0.820. The molecule has 1 aromatic heterocycles. The lowest BCUT2D eigenvalue weighted by molar-refractivity contribution is 0.547. The summed E-state index contributed by atoms with van der Waals surface area (Å²) in [5.74, 6) is 3.25. The molecule has 19 heavy (non-hydrogen) atoms. The molecule has 0 amide bonds.